The summed E-state index contributed by atoms with van der Waals surface area (Å²) in [6.45, 7) is 3.81. The van der Waals surface area contributed by atoms with Crippen molar-refractivity contribution in [3.8, 4) is 11.4 Å². The molecule has 288 valence electrons. The number of benzene rings is 2. The van der Waals surface area contributed by atoms with E-state index in [0.717, 1.165) is 10.7 Å². The standard InChI is InChI=1S/C35H41F9N4O3S/c1-4-47(19-23-7-5-22(6-8-23)13-31(49)50)30-10-9-29(35(42,43)44)32(48-20-27(17-46-48)51-11-12-52-3)28(30)18-45-21(2)24-14-25(33(36,37)38)16-26(15-24)34(39,40)41/h9-10,14-17,20-23,45H,4-8,11-13,18-19H2,1-3H3,(H,49,50). The molecular weight excluding hydrogens is 727 g/mol. The van der Waals surface area contributed by atoms with Crippen LogP contribution in [0.2, 0.25) is 0 Å². The van der Waals surface area contributed by atoms with Crippen molar-refractivity contribution in [3.05, 3.63) is 70.5 Å². The van der Waals surface area contributed by atoms with Gasteiger partial charge in [-0.15, -0.1) is 0 Å². The lowest BCUT2D eigenvalue weighted by Crippen LogP contribution is -2.33. The average Bonchev–Trinajstić information content (AvgIpc) is 3.53. The molecule has 0 radical (unpaired) electrons. The Labute approximate surface area is 299 Å². The molecule has 0 spiro atoms. The summed E-state index contributed by atoms with van der Waals surface area (Å²) in [5, 5.41) is 16.3. The van der Waals surface area contributed by atoms with Gasteiger partial charge >= 0.3 is 24.5 Å². The number of nitrogens with one attached hydrogen (secondary N) is 1. The number of aliphatic carboxylic acids is 1. The van der Waals surface area contributed by atoms with Crippen molar-refractivity contribution in [2.45, 2.75) is 77.1 Å². The first-order chi connectivity index (χ1) is 24.3. The summed E-state index contributed by atoms with van der Waals surface area (Å²) in [5.74, 6) is 0.0649. The van der Waals surface area contributed by atoms with Crippen LogP contribution in [0.3, 0.4) is 0 Å². The van der Waals surface area contributed by atoms with Crippen LogP contribution in [0.5, 0.6) is 5.75 Å². The molecule has 1 aliphatic rings. The fourth-order valence-corrected chi connectivity index (χ4v) is 6.76. The lowest BCUT2D eigenvalue weighted by atomic mass is 9.80. The molecule has 7 nitrogen and oxygen atoms in total. The van der Waals surface area contributed by atoms with E-state index in [4.69, 9.17) is 4.74 Å². The highest BCUT2D eigenvalue weighted by Crippen LogP contribution is 2.42. The monoisotopic (exact) mass is 768 g/mol. The highest BCUT2D eigenvalue weighted by molar-refractivity contribution is 7.98. The number of carboxylic acid groups (broad SMARTS) is 1. The smallest absolute Gasteiger partial charge is 0.418 e. The van der Waals surface area contributed by atoms with E-state index in [-0.39, 0.29) is 53.5 Å². The van der Waals surface area contributed by atoms with Crippen molar-refractivity contribution in [1.29, 1.82) is 0 Å². The molecule has 1 fully saturated rings. The van der Waals surface area contributed by atoms with Crippen molar-refractivity contribution < 1.29 is 54.2 Å². The molecule has 0 saturated heterocycles. The van der Waals surface area contributed by atoms with Gasteiger partial charge in [-0.05, 0) is 93.5 Å². The van der Waals surface area contributed by atoms with E-state index < -0.39 is 53.8 Å². The van der Waals surface area contributed by atoms with Gasteiger partial charge in [0.2, 0.25) is 0 Å². The number of halogens is 9. The van der Waals surface area contributed by atoms with E-state index in [0.29, 0.717) is 62.3 Å². The zero-order chi connectivity index (χ0) is 38.4. The number of hydrogen-bond donors (Lipinski definition) is 2. The van der Waals surface area contributed by atoms with Crippen molar-refractivity contribution in [2.24, 2.45) is 11.8 Å². The van der Waals surface area contributed by atoms with Gasteiger partial charge in [-0.25, -0.2) is 4.68 Å². The highest BCUT2D eigenvalue weighted by Gasteiger charge is 2.39. The summed E-state index contributed by atoms with van der Waals surface area (Å²) in [6.07, 6.45) is -7.78. The molecule has 1 aromatic heterocycles. The van der Waals surface area contributed by atoms with E-state index in [1.165, 1.54) is 37.1 Å². The van der Waals surface area contributed by atoms with Gasteiger partial charge in [-0.2, -0.15) is 56.4 Å². The first-order valence-corrected chi connectivity index (χ1v) is 18.1. The van der Waals surface area contributed by atoms with Gasteiger partial charge in [0.15, 0.2) is 5.75 Å². The molecule has 1 unspecified atom stereocenters. The molecule has 2 aromatic carbocycles. The summed E-state index contributed by atoms with van der Waals surface area (Å²) in [6, 6.07) is 2.28. The largest absolute Gasteiger partial charge is 0.489 e. The Morgan fingerprint density at radius 2 is 1.62 bits per heavy atom. The van der Waals surface area contributed by atoms with Crippen LogP contribution >= 0.6 is 11.8 Å². The van der Waals surface area contributed by atoms with Gasteiger partial charge < -0.3 is 20.1 Å². The molecule has 0 amide bonds. The third-order valence-electron chi connectivity index (χ3n) is 9.23. The van der Waals surface area contributed by atoms with Crippen LogP contribution in [0, 0.1) is 11.8 Å². The number of hydrogen-bond acceptors (Lipinski definition) is 6. The Kier molecular flexibility index (Phi) is 13.5. The molecule has 1 heterocycles. The van der Waals surface area contributed by atoms with E-state index >= 15 is 0 Å². The Morgan fingerprint density at radius 3 is 2.15 bits per heavy atom. The fourth-order valence-electron chi connectivity index (χ4n) is 6.51. The van der Waals surface area contributed by atoms with Gasteiger partial charge in [0.05, 0.1) is 41.4 Å². The SMILES string of the molecule is CCN(CC1CCC(CC(=O)O)CC1)c1ccc(C(F)(F)F)c(-n2cc(OCCSC)cn2)c1CNC(C)c1cc(C(F)(F)F)cc(C(F)(F)F)c1. The predicted molar refractivity (Wildman–Crippen MR) is 180 cm³/mol. The first-order valence-electron chi connectivity index (χ1n) is 16.7. The summed E-state index contributed by atoms with van der Waals surface area (Å²) in [4.78, 5) is 13.1. The molecular formula is C35H41F9N4O3S. The molecule has 0 bridgehead atoms. The van der Waals surface area contributed by atoms with Crippen molar-refractivity contribution in [3.63, 3.8) is 0 Å². The Hall–Kier alpha value is -3.60. The van der Waals surface area contributed by atoms with E-state index in [1.54, 1.807) is 0 Å². The van der Waals surface area contributed by atoms with Crippen LogP contribution in [-0.2, 0) is 29.9 Å². The number of rotatable bonds is 15. The maximum absolute atomic E-state index is 14.7. The third kappa shape index (κ3) is 10.7. The second kappa shape index (κ2) is 17.0. The van der Waals surface area contributed by atoms with Crippen LogP contribution in [0.25, 0.3) is 5.69 Å². The number of aromatic nitrogens is 2. The van der Waals surface area contributed by atoms with Crippen LogP contribution in [0.4, 0.5) is 45.2 Å². The van der Waals surface area contributed by atoms with Crippen LogP contribution in [0.1, 0.15) is 79.8 Å². The lowest BCUT2D eigenvalue weighted by Gasteiger charge is -2.35. The molecule has 1 saturated carbocycles. The average molecular weight is 769 g/mol. The van der Waals surface area contributed by atoms with E-state index in [2.05, 4.69) is 10.4 Å². The minimum absolute atomic E-state index is 0.0179. The summed E-state index contributed by atoms with van der Waals surface area (Å²) < 4.78 is 133. The van der Waals surface area contributed by atoms with E-state index in [1.807, 2.05) is 18.1 Å². The molecule has 1 aliphatic carbocycles. The number of nitrogens with zero attached hydrogens (tertiary/aromatic N) is 3. The predicted octanol–water partition coefficient (Wildman–Crippen LogP) is 9.63. The minimum atomic E-state index is -5.08. The Bertz CT molecular complexity index is 1620. The van der Waals surface area contributed by atoms with Crippen molar-refractivity contribution in [1.82, 2.24) is 15.1 Å². The second-order valence-corrected chi connectivity index (χ2v) is 13.9. The van der Waals surface area contributed by atoms with Crippen molar-refractivity contribution in [2.75, 3.05) is 36.6 Å². The lowest BCUT2D eigenvalue weighted by molar-refractivity contribution is -0.143. The summed E-state index contributed by atoms with van der Waals surface area (Å²) >= 11 is 1.50. The number of carbonyl (C=O) groups is 1. The van der Waals surface area contributed by atoms with Crippen LogP contribution < -0.4 is 15.0 Å². The van der Waals surface area contributed by atoms with Crippen LogP contribution in [-0.4, -0.2) is 52.6 Å². The first kappa shape index (κ1) is 41.2. The number of alkyl halides is 9. The number of thioether (sulfide) groups is 1. The van der Waals surface area contributed by atoms with Gasteiger partial charge in [0, 0.05) is 49.1 Å². The Morgan fingerprint density at radius 1 is 1.00 bits per heavy atom. The summed E-state index contributed by atoms with van der Waals surface area (Å²) in [5.41, 5.74) is -4.34. The van der Waals surface area contributed by atoms with Gasteiger partial charge in [-0.1, -0.05) is 0 Å². The third-order valence-corrected chi connectivity index (χ3v) is 9.81. The Balaban J connectivity index is 1.78. The molecule has 0 aliphatic heterocycles. The van der Waals surface area contributed by atoms with Crippen molar-refractivity contribution >= 4 is 23.4 Å². The van der Waals surface area contributed by atoms with Gasteiger partial charge in [0.25, 0.3) is 0 Å². The summed E-state index contributed by atoms with van der Waals surface area (Å²) in [7, 11) is 0. The maximum Gasteiger partial charge on any atom is 0.418 e. The van der Waals surface area contributed by atoms with Crippen LogP contribution in [0.15, 0.2) is 42.7 Å². The number of anilines is 1. The maximum atomic E-state index is 14.7. The molecule has 17 heteroatoms. The number of carboxylic acids is 1. The highest BCUT2D eigenvalue weighted by atomic mass is 32.2. The zero-order valence-electron chi connectivity index (χ0n) is 28.8. The normalized spacial score (nSPS) is 17.6. The fraction of sp³-hybridized carbons (Fsp3) is 0.543. The molecule has 3 aromatic rings. The molecule has 2 N–H and O–H groups in total. The molecule has 1 atom stereocenters. The topological polar surface area (TPSA) is 79.6 Å². The van der Waals surface area contributed by atoms with Gasteiger partial charge in [0.1, 0.15) is 0 Å². The molecule has 52 heavy (non-hydrogen) atoms. The second-order valence-electron chi connectivity index (χ2n) is 12.9. The molecule has 4 rings (SSSR count). The number of ether oxygens (including phenoxy) is 1. The quantitative estimate of drug-likeness (QED) is 0.118. The van der Waals surface area contributed by atoms with E-state index in [9.17, 15) is 49.4 Å². The minimum Gasteiger partial charge on any atom is -0.489 e. The van der Waals surface area contributed by atoms with Gasteiger partial charge in [-0.3, -0.25) is 4.79 Å². The zero-order valence-corrected chi connectivity index (χ0v) is 29.6.